The van der Waals surface area contributed by atoms with Crippen LogP contribution in [0.5, 0.6) is 11.5 Å². The second kappa shape index (κ2) is 11.6. The number of amides is 1. The lowest BCUT2D eigenvalue weighted by molar-refractivity contribution is -0.112. The molecule has 4 aromatic rings. The van der Waals surface area contributed by atoms with Gasteiger partial charge in [0.2, 0.25) is 0 Å². The molecule has 0 unspecified atom stereocenters. The molecule has 4 rings (SSSR count). The minimum Gasteiger partial charge on any atom is -0.493 e. The van der Waals surface area contributed by atoms with Crippen LogP contribution in [0.2, 0.25) is 0 Å². The van der Waals surface area contributed by atoms with E-state index in [1.54, 1.807) is 31.5 Å². The predicted molar refractivity (Wildman–Crippen MR) is 137 cm³/mol. The zero-order valence-electron chi connectivity index (χ0n) is 19.1. The lowest BCUT2D eigenvalue weighted by atomic mass is 10.1. The van der Waals surface area contributed by atoms with E-state index in [4.69, 9.17) is 9.47 Å². The van der Waals surface area contributed by atoms with Gasteiger partial charge in [-0.2, -0.15) is 5.26 Å². The Labute approximate surface area is 208 Å². The summed E-state index contributed by atoms with van der Waals surface area (Å²) in [6.07, 6.45) is 3.98. The fourth-order valence-electron chi connectivity index (χ4n) is 3.35. The summed E-state index contributed by atoms with van der Waals surface area (Å²) in [6.45, 7) is 0.401. The first-order chi connectivity index (χ1) is 17.1. The Balaban J connectivity index is 1.43. The van der Waals surface area contributed by atoms with Gasteiger partial charge >= 0.3 is 0 Å². The average Bonchev–Trinajstić information content (AvgIpc) is 3.33. The van der Waals surface area contributed by atoms with E-state index in [-0.39, 0.29) is 5.57 Å². The third-order valence-corrected chi connectivity index (χ3v) is 6.01. The number of nitrogens with one attached hydrogen (secondary N) is 1. The largest absolute Gasteiger partial charge is 0.493 e. The molecular formula is C28H23N3O3S. The van der Waals surface area contributed by atoms with Crippen LogP contribution in [-0.4, -0.2) is 18.0 Å². The molecule has 1 aromatic heterocycles. The number of carbonyl (C=O) groups is 1. The number of aromatic nitrogens is 1. The molecule has 174 valence electrons. The molecule has 0 saturated heterocycles. The van der Waals surface area contributed by atoms with Gasteiger partial charge < -0.3 is 9.47 Å². The highest BCUT2D eigenvalue weighted by atomic mass is 32.1. The Morgan fingerprint density at radius 2 is 1.74 bits per heavy atom. The maximum Gasteiger partial charge on any atom is 0.268 e. The first-order valence-electron chi connectivity index (χ1n) is 10.9. The normalized spacial score (nSPS) is 10.9. The number of hydrogen-bond acceptors (Lipinski definition) is 6. The van der Waals surface area contributed by atoms with Crippen LogP contribution in [0, 0.1) is 11.3 Å². The second-order valence-electron chi connectivity index (χ2n) is 7.60. The van der Waals surface area contributed by atoms with Crippen molar-refractivity contribution in [3.8, 4) is 17.6 Å². The van der Waals surface area contributed by atoms with E-state index in [9.17, 15) is 10.1 Å². The van der Waals surface area contributed by atoms with Gasteiger partial charge in [0.15, 0.2) is 16.6 Å². The van der Waals surface area contributed by atoms with E-state index in [2.05, 4.69) is 10.3 Å². The second-order valence-corrected chi connectivity index (χ2v) is 8.72. The summed E-state index contributed by atoms with van der Waals surface area (Å²) in [6, 6.07) is 27.1. The van der Waals surface area contributed by atoms with Crippen molar-refractivity contribution in [1.29, 1.82) is 5.26 Å². The van der Waals surface area contributed by atoms with Crippen LogP contribution in [0.4, 0.5) is 5.13 Å². The predicted octanol–water partition coefficient (Wildman–Crippen LogP) is 5.87. The molecule has 7 heteroatoms. The standard InChI is InChI=1S/C28H23N3O3S/c1-33-26-16-22(12-13-25(26)34-19-21-10-6-3-7-11-21)14-23(17-29)27(32)31-28-30-18-24(35-28)15-20-8-4-2-5-9-20/h2-14,16,18H,15,19H2,1H3,(H,30,31,32)/b23-14+. The van der Waals surface area contributed by atoms with Gasteiger partial charge in [-0.1, -0.05) is 66.7 Å². The third-order valence-electron chi connectivity index (χ3n) is 5.10. The van der Waals surface area contributed by atoms with Gasteiger partial charge in [-0.25, -0.2) is 4.98 Å². The zero-order chi connectivity index (χ0) is 24.5. The maximum absolute atomic E-state index is 12.7. The number of ether oxygens (including phenoxy) is 2. The molecule has 6 nitrogen and oxygen atoms in total. The molecule has 0 aliphatic rings. The number of thiazole rings is 1. The van der Waals surface area contributed by atoms with Crippen LogP contribution in [0.3, 0.4) is 0 Å². The van der Waals surface area contributed by atoms with Gasteiger partial charge in [-0.15, -0.1) is 11.3 Å². The molecule has 0 saturated carbocycles. The molecular weight excluding hydrogens is 458 g/mol. The number of anilines is 1. The van der Waals surface area contributed by atoms with Crippen LogP contribution in [0.25, 0.3) is 6.08 Å². The Hall–Kier alpha value is -4.41. The van der Waals surface area contributed by atoms with Crippen LogP contribution >= 0.6 is 11.3 Å². The molecule has 0 aliphatic heterocycles. The number of nitrogens with zero attached hydrogens (tertiary/aromatic N) is 2. The lowest BCUT2D eigenvalue weighted by Crippen LogP contribution is -2.13. The third kappa shape index (κ3) is 6.56. The van der Waals surface area contributed by atoms with Crippen LogP contribution in [-0.2, 0) is 17.8 Å². The summed E-state index contributed by atoms with van der Waals surface area (Å²) in [7, 11) is 1.55. The Kier molecular flexibility index (Phi) is 7.89. The van der Waals surface area contributed by atoms with E-state index >= 15 is 0 Å². The number of methoxy groups -OCH3 is 1. The molecule has 1 N–H and O–H groups in total. The lowest BCUT2D eigenvalue weighted by Gasteiger charge is -2.11. The van der Waals surface area contributed by atoms with Gasteiger partial charge in [-0.05, 0) is 34.9 Å². The molecule has 1 heterocycles. The van der Waals surface area contributed by atoms with Crippen molar-refractivity contribution in [3.05, 3.63) is 112 Å². The molecule has 0 atom stereocenters. The summed E-state index contributed by atoms with van der Waals surface area (Å²) in [5, 5.41) is 12.7. The van der Waals surface area contributed by atoms with Gasteiger partial charge in [0.05, 0.1) is 7.11 Å². The van der Waals surface area contributed by atoms with Crippen LogP contribution < -0.4 is 14.8 Å². The molecule has 0 radical (unpaired) electrons. The van der Waals surface area contributed by atoms with Crippen LogP contribution in [0.15, 0.2) is 90.6 Å². The monoisotopic (exact) mass is 481 g/mol. The molecule has 0 spiro atoms. The highest BCUT2D eigenvalue weighted by Crippen LogP contribution is 2.30. The Morgan fingerprint density at radius 3 is 2.43 bits per heavy atom. The van der Waals surface area contributed by atoms with Crippen molar-refractivity contribution >= 4 is 28.5 Å². The highest BCUT2D eigenvalue weighted by Gasteiger charge is 2.13. The summed E-state index contributed by atoms with van der Waals surface area (Å²) in [5.74, 6) is 0.569. The van der Waals surface area contributed by atoms with Gasteiger partial charge in [-0.3, -0.25) is 10.1 Å². The highest BCUT2D eigenvalue weighted by molar-refractivity contribution is 7.15. The van der Waals surface area contributed by atoms with Crippen molar-refractivity contribution in [2.75, 3.05) is 12.4 Å². The van der Waals surface area contributed by atoms with Crippen molar-refractivity contribution < 1.29 is 14.3 Å². The number of benzene rings is 3. The minimum atomic E-state index is -0.517. The van der Waals surface area contributed by atoms with Crippen LogP contribution in [0.1, 0.15) is 21.6 Å². The van der Waals surface area contributed by atoms with Crippen molar-refractivity contribution in [2.45, 2.75) is 13.0 Å². The molecule has 35 heavy (non-hydrogen) atoms. The number of nitriles is 1. The first-order valence-corrected chi connectivity index (χ1v) is 11.7. The quantitative estimate of drug-likeness (QED) is 0.239. The maximum atomic E-state index is 12.7. The Morgan fingerprint density at radius 1 is 1.03 bits per heavy atom. The average molecular weight is 482 g/mol. The topological polar surface area (TPSA) is 84.2 Å². The number of rotatable bonds is 9. The van der Waals surface area contributed by atoms with Crippen molar-refractivity contribution in [2.24, 2.45) is 0 Å². The fraction of sp³-hybridized carbons (Fsp3) is 0.107. The minimum absolute atomic E-state index is 0.0372. The summed E-state index contributed by atoms with van der Waals surface area (Å²) in [4.78, 5) is 18.0. The molecule has 3 aromatic carbocycles. The Bertz CT molecular complexity index is 1360. The van der Waals surface area contributed by atoms with Gasteiger partial charge in [0, 0.05) is 17.5 Å². The van der Waals surface area contributed by atoms with E-state index in [1.807, 2.05) is 66.7 Å². The number of carbonyl (C=O) groups excluding carboxylic acids is 1. The summed E-state index contributed by atoms with van der Waals surface area (Å²) >= 11 is 1.39. The molecule has 1 amide bonds. The first kappa shape index (κ1) is 23.7. The summed E-state index contributed by atoms with van der Waals surface area (Å²) < 4.78 is 11.3. The van der Waals surface area contributed by atoms with Crippen molar-refractivity contribution in [3.63, 3.8) is 0 Å². The SMILES string of the molecule is COc1cc(/C=C(\C#N)C(=O)Nc2ncc(Cc3ccccc3)s2)ccc1OCc1ccccc1. The van der Waals surface area contributed by atoms with Gasteiger partial charge in [0.1, 0.15) is 18.2 Å². The van der Waals surface area contributed by atoms with Gasteiger partial charge in [0.25, 0.3) is 5.91 Å². The smallest absolute Gasteiger partial charge is 0.268 e. The number of hydrogen-bond donors (Lipinski definition) is 1. The van der Waals surface area contributed by atoms with E-state index < -0.39 is 5.91 Å². The zero-order valence-corrected chi connectivity index (χ0v) is 19.9. The van der Waals surface area contributed by atoms with E-state index in [0.717, 1.165) is 22.4 Å². The molecule has 0 aliphatic carbocycles. The van der Waals surface area contributed by atoms with Crippen molar-refractivity contribution in [1.82, 2.24) is 4.98 Å². The molecule has 0 fully saturated rings. The van der Waals surface area contributed by atoms with E-state index in [0.29, 0.717) is 28.8 Å². The fourth-order valence-corrected chi connectivity index (χ4v) is 4.19. The summed E-state index contributed by atoms with van der Waals surface area (Å²) in [5.41, 5.74) is 2.81. The van der Waals surface area contributed by atoms with E-state index in [1.165, 1.54) is 17.4 Å². The molecule has 0 bridgehead atoms.